The third kappa shape index (κ3) is 2.62. The first-order valence-electron chi connectivity index (χ1n) is 7.22. The quantitative estimate of drug-likeness (QED) is 0.921. The van der Waals surface area contributed by atoms with Gasteiger partial charge in [-0.05, 0) is 24.6 Å². The summed E-state index contributed by atoms with van der Waals surface area (Å²) in [5.74, 6) is 1.10. The van der Waals surface area contributed by atoms with E-state index in [2.05, 4.69) is 41.0 Å². The second kappa shape index (κ2) is 5.77. The van der Waals surface area contributed by atoms with E-state index >= 15 is 0 Å². The van der Waals surface area contributed by atoms with Gasteiger partial charge < -0.3 is 10.0 Å². The molecule has 1 aliphatic rings. The van der Waals surface area contributed by atoms with Crippen LogP contribution in [0.2, 0.25) is 0 Å². The van der Waals surface area contributed by atoms with Gasteiger partial charge in [0, 0.05) is 38.1 Å². The van der Waals surface area contributed by atoms with Crippen LogP contribution in [0.4, 0.5) is 5.82 Å². The normalized spacial score (nSPS) is 16.8. The lowest BCUT2D eigenvalue weighted by Gasteiger charge is -2.35. The monoisotopic (exact) mass is 271 g/mol. The van der Waals surface area contributed by atoms with E-state index in [4.69, 9.17) is 10.1 Å². The van der Waals surface area contributed by atoms with Crippen LogP contribution in [0.15, 0.2) is 30.3 Å². The fraction of sp³-hybridized carbons (Fsp3) is 0.438. The van der Waals surface area contributed by atoms with Crippen LogP contribution in [0, 0.1) is 6.92 Å². The average Bonchev–Trinajstić information content (AvgIpc) is 2.48. The Hall–Kier alpha value is -1.65. The maximum atomic E-state index is 9.00. The lowest BCUT2D eigenvalue weighted by Crippen LogP contribution is -2.47. The predicted molar refractivity (Wildman–Crippen MR) is 82.2 cm³/mol. The lowest BCUT2D eigenvalue weighted by atomic mass is 10.1. The number of pyridine rings is 1. The van der Waals surface area contributed by atoms with Crippen LogP contribution in [-0.2, 0) is 0 Å². The van der Waals surface area contributed by atoms with Gasteiger partial charge in [-0.15, -0.1) is 0 Å². The number of aromatic nitrogens is 1. The summed E-state index contributed by atoms with van der Waals surface area (Å²) in [4.78, 5) is 9.48. The zero-order valence-corrected chi connectivity index (χ0v) is 11.9. The molecule has 0 saturated carbocycles. The number of aryl methyl sites for hydroxylation is 1. The Labute approximate surface area is 119 Å². The van der Waals surface area contributed by atoms with Crippen LogP contribution in [0.5, 0.6) is 0 Å². The molecule has 1 N–H and O–H groups in total. The molecular formula is C16H21N3O. The number of aliphatic hydroxyl groups is 1. The predicted octanol–water partition coefficient (Wildman–Crippen LogP) is 1.66. The number of nitrogens with zero attached hydrogens (tertiary/aromatic N) is 3. The number of piperazine rings is 1. The minimum absolute atomic E-state index is 0.243. The van der Waals surface area contributed by atoms with Crippen molar-refractivity contribution in [2.75, 3.05) is 44.2 Å². The van der Waals surface area contributed by atoms with Crippen molar-refractivity contribution in [2.24, 2.45) is 0 Å². The van der Waals surface area contributed by atoms with Gasteiger partial charge in [0.25, 0.3) is 0 Å². The molecule has 4 heteroatoms. The molecule has 0 bridgehead atoms. The van der Waals surface area contributed by atoms with Crippen LogP contribution in [0.25, 0.3) is 10.9 Å². The number of para-hydroxylation sites is 1. The van der Waals surface area contributed by atoms with E-state index in [0.29, 0.717) is 0 Å². The van der Waals surface area contributed by atoms with Gasteiger partial charge in [-0.25, -0.2) is 4.98 Å². The lowest BCUT2D eigenvalue weighted by molar-refractivity contribution is 0.188. The molecule has 1 aromatic heterocycles. The Kier molecular flexibility index (Phi) is 3.85. The standard InChI is InChI=1S/C16H21N3O/c1-13-12-14-4-2-3-5-15(14)17-16(13)19-8-6-18(7-9-19)10-11-20/h2-5,12,20H,6-11H2,1H3. The smallest absolute Gasteiger partial charge is 0.132 e. The van der Waals surface area contributed by atoms with Gasteiger partial charge in [0.2, 0.25) is 0 Å². The second-order valence-corrected chi connectivity index (χ2v) is 5.37. The number of aliphatic hydroxyl groups excluding tert-OH is 1. The third-order valence-electron chi connectivity index (χ3n) is 3.98. The summed E-state index contributed by atoms with van der Waals surface area (Å²) in [5, 5.41) is 10.2. The van der Waals surface area contributed by atoms with Crippen molar-refractivity contribution >= 4 is 16.7 Å². The highest BCUT2D eigenvalue weighted by molar-refractivity contribution is 5.81. The van der Waals surface area contributed by atoms with Crippen LogP contribution < -0.4 is 4.90 Å². The summed E-state index contributed by atoms with van der Waals surface area (Å²) in [6.07, 6.45) is 0. The van der Waals surface area contributed by atoms with Gasteiger partial charge in [0.1, 0.15) is 5.82 Å². The maximum Gasteiger partial charge on any atom is 0.132 e. The van der Waals surface area contributed by atoms with Crippen molar-refractivity contribution in [3.05, 3.63) is 35.9 Å². The molecular weight excluding hydrogens is 250 g/mol. The number of fused-ring (bicyclic) bond motifs is 1. The summed E-state index contributed by atoms with van der Waals surface area (Å²) < 4.78 is 0. The van der Waals surface area contributed by atoms with Gasteiger partial charge in [0.15, 0.2) is 0 Å². The second-order valence-electron chi connectivity index (χ2n) is 5.37. The van der Waals surface area contributed by atoms with Crippen LogP contribution in [0.3, 0.4) is 0 Å². The van der Waals surface area contributed by atoms with Crippen molar-refractivity contribution < 1.29 is 5.11 Å². The SMILES string of the molecule is Cc1cc2ccccc2nc1N1CCN(CCO)CC1. The molecule has 0 spiro atoms. The number of rotatable bonds is 3. The Morgan fingerprint density at radius 2 is 1.90 bits per heavy atom. The van der Waals surface area contributed by atoms with Crippen LogP contribution >= 0.6 is 0 Å². The molecule has 0 radical (unpaired) electrons. The number of β-amino-alcohol motifs (C(OH)–C–C–N with tert-alkyl or cyclic N) is 1. The summed E-state index contributed by atoms with van der Waals surface area (Å²) in [6.45, 7) is 7.10. The minimum atomic E-state index is 0.243. The number of benzene rings is 1. The molecule has 3 rings (SSSR count). The van der Waals surface area contributed by atoms with Gasteiger partial charge in [0.05, 0.1) is 12.1 Å². The molecule has 0 aliphatic carbocycles. The Morgan fingerprint density at radius 1 is 1.15 bits per heavy atom. The Morgan fingerprint density at radius 3 is 2.65 bits per heavy atom. The molecule has 0 amide bonds. The first-order chi connectivity index (χ1) is 9.78. The number of hydrogen-bond acceptors (Lipinski definition) is 4. The topological polar surface area (TPSA) is 39.6 Å². The van der Waals surface area contributed by atoms with E-state index in [1.165, 1.54) is 10.9 Å². The molecule has 106 valence electrons. The highest BCUT2D eigenvalue weighted by atomic mass is 16.3. The highest BCUT2D eigenvalue weighted by Gasteiger charge is 2.19. The largest absolute Gasteiger partial charge is 0.395 e. The van der Waals surface area contributed by atoms with E-state index in [1.807, 2.05) is 6.07 Å². The molecule has 4 nitrogen and oxygen atoms in total. The molecule has 1 aliphatic heterocycles. The van der Waals surface area contributed by atoms with E-state index in [9.17, 15) is 0 Å². The van der Waals surface area contributed by atoms with Crippen LogP contribution in [0.1, 0.15) is 5.56 Å². The van der Waals surface area contributed by atoms with Gasteiger partial charge >= 0.3 is 0 Å². The fourth-order valence-electron chi connectivity index (χ4n) is 2.86. The van der Waals surface area contributed by atoms with Gasteiger partial charge in [-0.1, -0.05) is 18.2 Å². The van der Waals surface area contributed by atoms with Crippen molar-refractivity contribution in [3.8, 4) is 0 Å². The van der Waals surface area contributed by atoms with Crippen LogP contribution in [-0.4, -0.2) is 54.3 Å². The Bertz CT molecular complexity index is 591. The van der Waals surface area contributed by atoms with Crippen molar-refractivity contribution in [3.63, 3.8) is 0 Å². The van der Waals surface area contributed by atoms with Gasteiger partial charge in [-0.3, -0.25) is 4.90 Å². The molecule has 20 heavy (non-hydrogen) atoms. The summed E-state index contributed by atoms with van der Waals surface area (Å²) in [5.41, 5.74) is 2.30. The summed E-state index contributed by atoms with van der Waals surface area (Å²) >= 11 is 0. The van der Waals surface area contributed by atoms with E-state index in [-0.39, 0.29) is 6.61 Å². The molecule has 2 aromatic rings. The molecule has 0 atom stereocenters. The average molecular weight is 271 g/mol. The summed E-state index contributed by atoms with van der Waals surface area (Å²) in [6, 6.07) is 10.5. The molecule has 2 heterocycles. The molecule has 1 saturated heterocycles. The zero-order chi connectivity index (χ0) is 13.9. The maximum absolute atomic E-state index is 9.00. The summed E-state index contributed by atoms with van der Waals surface area (Å²) in [7, 11) is 0. The first-order valence-corrected chi connectivity index (χ1v) is 7.22. The van der Waals surface area contributed by atoms with E-state index in [0.717, 1.165) is 44.1 Å². The van der Waals surface area contributed by atoms with Gasteiger partial charge in [-0.2, -0.15) is 0 Å². The first kappa shape index (κ1) is 13.3. The highest BCUT2D eigenvalue weighted by Crippen LogP contribution is 2.23. The third-order valence-corrected chi connectivity index (χ3v) is 3.98. The van der Waals surface area contributed by atoms with Crippen molar-refractivity contribution in [2.45, 2.75) is 6.92 Å². The molecule has 1 fully saturated rings. The van der Waals surface area contributed by atoms with E-state index < -0.39 is 0 Å². The fourth-order valence-corrected chi connectivity index (χ4v) is 2.86. The number of anilines is 1. The number of hydrogen-bond donors (Lipinski definition) is 1. The Balaban J connectivity index is 1.82. The van der Waals surface area contributed by atoms with Crippen molar-refractivity contribution in [1.82, 2.24) is 9.88 Å². The zero-order valence-electron chi connectivity index (χ0n) is 11.9. The molecule has 0 unspecified atom stereocenters. The van der Waals surface area contributed by atoms with E-state index in [1.54, 1.807) is 0 Å². The minimum Gasteiger partial charge on any atom is -0.395 e. The molecule has 1 aromatic carbocycles. The van der Waals surface area contributed by atoms with Crippen molar-refractivity contribution in [1.29, 1.82) is 0 Å².